The zero-order valence-electron chi connectivity index (χ0n) is 13.2. The number of rotatable bonds is 4. The molecule has 126 valence electrons. The molecule has 3 rings (SSSR count). The minimum Gasteiger partial charge on any atom is -0.494 e. The zero-order chi connectivity index (χ0) is 17.5. The van der Waals surface area contributed by atoms with Crippen molar-refractivity contribution in [2.24, 2.45) is 7.05 Å². The van der Waals surface area contributed by atoms with Crippen LogP contribution in [0.5, 0.6) is 5.75 Å². The molecule has 0 bridgehead atoms. The Bertz CT molecular complexity index is 1030. The van der Waals surface area contributed by atoms with Gasteiger partial charge in [-0.25, -0.2) is 8.42 Å². The Hall–Kier alpha value is -2.32. The first kappa shape index (κ1) is 16.5. The molecule has 2 aromatic carbocycles. The van der Waals surface area contributed by atoms with Gasteiger partial charge in [0.15, 0.2) is 0 Å². The fourth-order valence-corrected chi connectivity index (χ4v) is 3.98. The summed E-state index contributed by atoms with van der Waals surface area (Å²) in [5.41, 5.74) is 1.67. The number of ether oxygens (including phenoxy) is 1. The van der Waals surface area contributed by atoms with Crippen LogP contribution in [0.25, 0.3) is 11.0 Å². The van der Waals surface area contributed by atoms with Crippen LogP contribution in [0.1, 0.15) is 5.56 Å². The molecule has 0 aliphatic rings. The maximum absolute atomic E-state index is 12.8. The van der Waals surface area contributed by atoms with Crippen LogP contribution in [0, 0.1) is 6.92 Å². The Morgan fingerprint density at radius 1 is 1.21 bits per heavy atom. The molecule has 0 spiro atoms. The molecule has 1 heterocycles. The van der Waals surface area contributed by atoms with E-state index in [1.54, 1.807) is 38.2 Å². The van der Waals surface area contributed by atoms with Gasteiger partial charge in [-0.2, -0.15) is 15.0 Å². The largest absolute Gasteiger partial charge is 0.494 e. The normalized spacial score (nSPS) is 11.7. The number of hydrogen-bond acceptors (Lipinski definition) is 5. The molecule has 0 unspecified atom stereocenters. The highest BCUT2D eigenvalue weighted by Crippen LogP contribution is 2.34. The van der Waals surface area contributed by atoms with E-state index in [4.69, 9.17) is 16.3 Å². The summed E-state index contributed by atoms with van der Waals surface area (Å²) in [5, 5.41) is 8.77. The van der Waals surface area contributed by atoms with Crippen LogP contribution in [0.4, 0.5) is 5.69 Å². The summed E-state index contributed by atoms with van der Waals surface area (Å²) in [6.07, 6.45) is 0. The fourth-order valence-electron chi connectivity index (χ4n) is 2.40. The lowest BCUT2D eigenvalue weighted by atomic mass is 10.2. The number of aryl methyl sites for hydroxylation is 1. The number of aromatic nitrogens is 3. The van der Waals surface area contributed by atoms with E-state index in [0.29, 0.717) is 27.4 Å². The molecule has 7 nitrogen and oxygen atoms in total. The van der Waals surface area contributed by atoms with E-state index in [1.807, 2.05) is 0 Å². The third-order valence-corrected chi connectivity index (χ3v) is 5.48. The number of halogens is 1. The molecule has 0 fully saturated rings. The molecule has 0 saturated heterocycles. The van der Waals surface area contributed by atoms with Crippen molar-refractivity contribution >= 4 is 38.3 Å². The van der Waals surface area contributed by atoms with Gasteiger partial charge in [0.2, 0.25) is 0 Å². The third-order valence-electron chi connectivity index (χ3n) is 3.58. The minimum atomic E-state index is -3.87. The van der Waals surface area contributed by atoms with Gasteiger partial charge in [0.25, 0.3) is 10.0 Å². The quantitative estimate of drug-likeness (QED) is 0.767. The molecule has 0 aliphatic heterocycles. The second kappa shape index (κ2) is 5.95. The number of benzene rings is 2. The maximum atomic E-state index is 12.8. The first-order chi connectivity index (χ1) is 11.3. The summed E-state index contributed by atoms with van der Waals surface area (Å²) < 4.78 is 33.4. The van der Waals surface area contributed by atoms with E-state index < -0.39 is 10.0 Å². The SMILES string of the molecule is COc1ccc2nn(C)nc2c1NS(=O)(=O)c1cccc(Cl)c1C. The number of methoxy groups -OCH3 is 1. The molecule has 1 N–H and O–H groups in total. The van der Waals surface area contributed by atoms with Crippen LogP contribution in [0.3, 0.4) is 0 Å². The van der Waals surface area contributed by atoms with Crippen molar-refractivity contribution in [1.29, 1.82) is 0 Å². The molecular formula is C15H15ClN4O3S. The standard InChI is InChI=1S/C15H15ClN4O3S/c1-9-10(16)5-4-6-13(9)24(21,22)19-15-12(23-3)8-7-11-14(15)18-20(2)17-11/h4-8,19H,1-3H3. The van der Waals surface area contributed by atoms with Gasteiger partial charge in [-0.3, -0.25) is 4.72 Å². The van der Waals surface area contributed by atoms with E-state index >= 15 is 0 Å². The Morgan fingerprint density at radius 3 is 2.67 bits per heavy atom. The van der Waals surface area contributed by atoms with Gasteiger partial charge in [0.05, 0.1) is 12.0 Å². The molecule has 1 aromatic heterocycles. The van der Waals surface area contributed by atoms with Crippen molar-refractivity contribution in [3.63, 3.8) is 0 Å². The Balaban J connectivity index is 2.16. The second-order valence-corrected chi connectivity index (χ2v) is 7.23. The van der Waals surface area contributed by atoms with Gasteiger partial charge in [0, 0.05) is 12.1 Å². The maximum Gasteiger partial charge on any atom is 0.262 e. The van der Waals surface area contributed by atoms with Crippen molar-refractivity contribution in [1.82, 2.24) is 15.0 Å². The zero-order valence-corrected chi connectivity index (χ0v) is 14.8. The molecule has 0 radical (unpaired) electrons. The molecular weight excluding hydrogens is 352 g/mol. The smallest absolute Gasteiger partial charge is 0.262 e. The first-order valence-corrected chi connectivity index (χ1v) is 8.85. The topological polar surface area (TPSA) is 86.1 Å². The van der Waals surface area contributed by atoms with E-state index in [0.717, 1.165) is 0 Å². The summed E-state index contributed by atoms with van der Waals surface area (Å²) in [4.78, 5) is 1.46. The monoisotopic (exact) mass is 366 g/mol. The number of nitrogens with one attached hydrogen (secondary N) is 1. The van der Waals surface area contributed by atoms with Crippen LogP contribution in [0.15, 0.2) is 35.2 Å². The van der Waals surface area contributed by atoms with Gasteiger partial charge in [-0.15, -0.1) is 0 Å². The molecule has 0 saturated carbocycles. The summed E-state index contributed by atoms with van der Waals surface area (Å²) in [6, 6.07) is 8.07. The third kappa shape index (κ3) is 2.78. The van der Waals surface area contributed by atoms with Crippen LogP contribution in [0.2, 0.25) is 5.02 Å². The van der Waals surface area contributed by atoms with Crippen molar-refractivity contribution in [3.8, 4) is 5.75 Å². The minimum absolute atomic E-state index is 0.0953. The van der Waals surface area contributed by atoms with Gasteiger partial charge in [-0.05, 0) is 36.8 Å². The van der Waals surface area contributed by atoms with Crippen LogP contribution in [-0.2, 0) is 17.1 Å². The van der Waals surface area contributed by atoms with Crippen molar-refractivity contribution in [2.75, 3.05) is 11.8 Å². The van der Waals surface area contributed by atoms with E-state index in [9.17, 15) is 8.42 Å². The number of sulfonamides is 1. The molecule has 9 heteroatoms. The van der Waals surface area contributed by atoms with Crippen molar-refractivity contribution < 1.29 is 13.2 Å². The van der Waals surface area contributed by atoms with Gasteiger partial charge in [-0.1, -0.05) is 17.7 Å². The lowest BCUT2D eigenvalue weighted by molar-refractivity contribution is 0.417. The summed E-state index contributed by atoms with van der Waals surface area (Å²) in [5.74, 6) is 0.353. The lowest BCUT2D eigenvalue weighted by Crippen LogP contribution is -2.15. The number of fused-ring (bicyclic) bond motifs is 1. The second-order valence-electron chi connectivity index (χ2n) is 5.17. The summed E-state index contributed by atoms with van der Waals surface area (Å²) in [6.45, 7) is 1.65. The highest BCUT2D eigenvalue weighted by molar-refractivity contribution is 7.92. The highest BCUT2D eigenvalue weighted by Gasteiger charge is 2.22. The number of nitrogens with zero attached hydrogens (tertiary/aromatic N) is 3. The van der Waals surface area contributed by atoms with Gasteiger partial charge >= 0.3 is 0 Å². The molecule has 0 atom stereocenters. The Kier molecular flexibility index (Phi) is 4.10. The predicted molar refractivity (Wildman–Crippen MR) is 92.1 cm³/mol. The predicted octanol–water partition coefficient (Wildman–Crippen LogP) is 2.74. The molecule has 24 heavy (non-hydrogen) atoms. The summed E-state index contributed by atoms with van der Waals surface area (Å²) in [7, 11) is -0.756. The first-order valence-electron chi connectivity index (χ1n) is 6.99. The van der Waals surface area contributed by atoms with Gasteiger partial charge in [0.1, 0.15) is 22.5 Å². The molecule has 0 aliphatic carbocycles. The van der Waals surface area contributed by atoms with Crippen LogP contribution in [-0.4, -0.2) is 30.5 Å². The number of hydrogen-bond donors (Lipinski definition) is 1. The van der Waals surface area contributed by atoms with E-state index in [2.05, 4.69) is 14.9 Å². The molecule has 0 amide bonds. The average molecular weight is 367 g/mol. The van der Waals surface area contributed by atoms with E-state index in [1.165, 1.54) is 18.0 Å². The van der Waals surface area contributed by atoms with Gasteiger partial charge < -0.3 is 4.74 Å². The van der Waals surface area contributed by atoms with Crippen molar-refractivity contribution in [2.45, 2.75) is 11.8 Å². The fraction of sp³-hybridized carbons (Fsp3) is 0.200. The van der Waals surface area contributed by atoms with Crippen LogP contribution < -0.4 is 9.46 Å². The van der Waals surface area contributed by atoms with E-state index in [-0.39, 0.29) is 10.6 Å². The Morgan fingerprint density at radius 2 is 1.96 bits per heavy atom. The van der Waals surface area contributed by atoms with Crippen LogP contribution >= 0.6 is 11.6 Å². The number of anilines is 1. The Labute approximate surface area is 144 Å². The van der Waals surface area contributed by atoms with Crippen molar-refractivity contribution in [3.05, 3.63) is 40.9 Å². The average Bonchev–Trinajstić information content (AvgIpc) is 2.91. The molecule has 3 aromatic rings. The lowest BCUT2D eigenvalue weighted by Gasteiger charge is -2.13. The highest BCUT2D eigenvalue weighted by atomic mass is 35.5. The summed E-state index contributed by atoms with van der Waals surface area (Å²) >= 11 is 6.04.